The van der Waals surface area contributed by atoms with E-state index in [9.17, 15) is 8.42 Å². The lowest BCUT2D eigenvalue weighted by molar-refractivity contribution is 0.222. The summed E-state index contributed by atoms with van der Waals surface area (Å²) in [6.07, 6.45) is 1.10. The number of likely N-dealkylation sites (N-methyl/N-ethyl adjacent to an activating group) is 1. The molecule has 0 aromatic heterocycles. The van der Waals surface area contributed by atoms with Gasteiger partial charge in [0.15, 0.2) is 5.11 Å². The minimum atomic E-state index is -3.46. The molecule has 0 bridgehead atoms. The van der Waals surface area contributed by atoms with Gasteiger partial charge >= 0.3 is 0 Å². The third-order valence-corrected chi connectivity index (χ3v) is 7.68. The van der Waals surface area contributed by atoms with Crippen LogP contribution in [0, 0.1) is 0 Å². The topological polar surface area (TPSA) is 64.7 Å². The normalized spacial score (nSPS) is 16.8. The van der Waals surface area contributed by atoms with Gasteiger partial charge in [-0.05, 0) is 73.6 Å². The molecule has 1 heterocycles. The van der Waals surface area contributed by atoms with Crippen LogP contribution in [0.2, 0.25) is 0 Å². The summed E-state index contributed by atoms with van der Waals surface area (Å²) in [5.74, 6) is 0.532. The van der Waals surface area contributed by atoms with Gasteiger partial charge in [0.1, 0.15) is 0 Å². The first kappa shape index (κ1) is 22.7. The maximum Gasteiger partial charge on any atom is 0.243 e. The molecule has 2 N–H and O–H groups in total. The molecule has 1 atom stereocenters. The first-order valence-corrected chi connectivity index (χ1v) is 12.1. The Kier molecular flexibility index (Phi) is 7.46. The van der Waals surface area contributed by atoms with Crippen molar-refractivity contribution in [1.29, 1.82) is 0 Å². The number of hydrogen-bond donors (Lipinski definition) is 2. The molecule has 2 aromatic carbocycles. The van der Waals surface area contributed by atoms with Crippen LogP contribution >= 0.6 is 12.2 Å². The first-order valence-electron chi connectivity index (χ1n) is 10.3. The monoisotopic (exact) mass is 446 g/mol. The Balaban J connectivity index is 1.59. The van der Waals surface area contributed by atoms with E-state index in [-0.39, 0.29) is 0 Å². The fraction of sp³-hybridized carbons (Fsp3) is 0.409. The number of anilines is 2. The lowest BCUT2D eigenvalue weighted by Crippen LogP contribution is -2.46. The van der Waals surface area contributed by atoms with Gasteiger partial charge in [-0.2, -0.15) is 4.31 Å². The van der Waals surface area contributed by atoms with E-state index < -0.39 is 10.0 Å². The molecule has 3 rings (SSSR count). The molecule has 1 aliphatic rings. The molecule has 162 valence electrons. The number of rotatable bonds is 6. The van der Waals surface area contributed by atoms with Crippen molar-refractivity contribution in [1.82, 2.24) is 9.21 Å². The third-order valence-electron chi connectivity index (χ3n) is 5.56. The van der Waals surface area contributed by atoms with E-state index in [1.54, 1.807) is 28.6 Å². The van der Waals surface area contributed by atoms with Crippen molar-refractivity contribution in [3.8, 4) is 0 Å². The molecule has 0 saturated carbocycles. The second-order valence-electron chi connectivity index (χ2n) is 7.74. The van der Waals surface area contributed by atoms with Crippen molar-refractivity contribution < 1.29 is 8.42 Å². The van der Waals surface area contributed by atoms with E-state index in [2.05, 4.69) is 41.5 Å². The number of hydrogen-bond acceptors (Lipinski definition) is 4. The summed E-state index contributed by atoms with van der Waals surface area (Å²) in [5, 5.41) is 6.73. The Bertz CT molecular complexity index is 952. The Hall–Kier alpha value is -2.00. The van der Waals surface area contributed by atoms with Crippen molar-refractivity contribution in [2.45, 2.75) is 31.1 Å². The predicted molar refractivity (Wildman–Crippen MR) is 128 cm³/mol. The number of piperazine rings is 1. The molecule has 0 radical (unpaired) electrons. The summed E-state index contributed by atoms with van der Waals surface area (Å²) in [5.41, 5.74) is 2.95. The van der Waals surface area contributed by atoms with Crippen molar-refractivity contribution in [3.63, 3.8) is 0 Å². The summed E-state index contributed by atoms with van der Waals surface area (Å²) < 4.78 is 27.2. The number of sulfonamides is 1. The average molecular weight is 447 g/mol. The van der Waals surface area contributed by atoms with Crippen molar-refractivity contribution in [2.75, 3.05) is 43.9 Å². The highest BCUT2D eigenvalue weighted by Gasteiger charge is 2.27. The molecule has 1 aliphatic heterocycles. The molecule has 30 heavy (non-hydrogen) atoms. The van der Waals surface area contributed by atoms with Crippen LogP contribution in [-0.2, 0) is 10.0 Å². The van der Waals surface area contributed by atoms with Crippen molar-refractivity contribution in [2.24, 2.45) is 0 Å². The Morgan fingerprint density at radius 1 is 0.967 bits per heavy atom. The fourth-order valence-corrected chi connectivity index (χ4v) is 4.97. The van der Waals surface area contributed by atoms with Gasteiger partial charge in [-0.3, -0.25) is 0 Å². The molecule has 8 heteroatoms. The zero-order valence-electron chi connectivity index (χ0n) is 17.8. The predicted octanol–water partition coefficient (Wildman–Crippen LogP) is 3.95. The largest absolute Gasteiger partial charge is 0.332 e. The van der Waals surface area contributed by atoms with Gasteiger partial charge in [0, 0.05) is 37.6 Å². The van der Waals surface area contributed by atoms with E-state index in [0.717, 1.165) is 30.9 Å². The minimum absolute atomic E-state index is 0.303. The highest BCUT2D eigenvalue weighted by Crippen LogP contribution is 2.22. The molecule has 0 unspecified atom stereocenters. The molecule has 1 fully saturated rings. The Morgan fingerprint density at radius 3 is 1.97 bits per heavy atom. The molecule has 2 aromatic rings. The minimum Gasteiger partial charge on any atom is -0.332 e. The van der Waals surface area contributed by atoms with Crippen molar-refractivity contribution >= 4 is 38.7 Å². The van der Waals surface area contributed by atoms with Gasteiger partial charge in [-0.15, -0.1) is 0 Å². The average Bonchev–Trinajstić information content (AvgIpc) is 2.74. The van der Waals surface area contributed by atoms with Crippen LogP contribution in [0.1, 0.15) is 31.7 Å². The number of thiocarbonyl (C=S) groups is 1. The highest BCUT2D eigenvalue weighted by atomic mass is 32.2. The molecule has 6 nitrogen and oxygen atoms in total. The van der Waals surface area contributed by atoms with Crippen LogP contribution in [-0.4, -0.2) is 56.0 Å². The third kappa shape index (κ3) is 5.57. The molecule has 0 amide bonds. The van der Waals surface area contributed by atoms with E-state index in [4.69, 9.17) is 12.2 Å². The smallest absolute Gasteiger partial charge is 0.243 e. The van der Waals surface area contributed by atoms with Gasteiger partial charge in [-0.25, -0.2) is 8.42 Å². The highest BCUT2D eigenvalue weighted by molar-refractivity contribution is 7.89. The number of nitrogens with zero attached hydrogens (tertiary/aromatic N) is 2. The van der Waals surface area contributed by atoms with Gasteiger partial charge in [0.2, 0.25) is 10.0 Å². The first-order chi connectivity index (χ1) is 14.3. The summed E-state index contributed by atoms with van der Waals surface area (Å²) in [6.45, 7) is 6.92. The second kappa shape index (κ2) is 9.87. The lowest BCUT2D eigenvalue weighted by atomic mass is 9.99. The maximum absolute atomic E-state index is 12.8. The zero-order chi connectivity index (χ0) is 21.7. The van der Waals surface area contributed by atoms with E-state index in [1.165, 1.54) is 5.56 Å². The van der Waals surface area contributed by atoms with Crippen LogP contribution in [0.3, 0.4) is 0 Å². The molecule has 1 saturated heterocycles. The van der Waals surface area contributed by atoms with Crippen LogP contribution in [0.25, 0.3) is 0 Å². The van der Waals surface area contributed by atoms with Crippen LogP contribution in [0.15, 0.2) is 53.4 Å². The van der Waals surface area contributed by atoms with Gasteiger partial charge in [0.05, 0.1) is 4.90 Å². The van der Waals surface area contributed by atoms with E-state index >= 15 is 0 Å². The number of benzene rings is 2. The zero-order valence-corrected chi connectivity index (χ0v) is 19.4. The van der Waals surface area contributed by atoms with Crippen LogP contribution in [0.4, 0.5) is 11.4 Å². The fourth-order valence-electron chi connectivity index (χ4n) is 3.31. The van der Waals surface area contributed by atoms with Crippen molar-refractivity contribution in [3.05, 3.63) is 54.1 Å². The van der Waals surface area contributed by atoms with E-state index in [0.29, 0.717) is 29.0 Å². The van der Waals surface area contributed by atoms with Crippen LogP contribution in [0.5, 0.6) is 0 Å². The summed E-state index contributed by atoms with van der Waals surface area (Å²) >= 11 is 5.39. The standard InChI is InChI=1S/C22H30N4O2S2/c1-4-17(2)18-5-7-19(8-6-18)23-22(29)24-20-9-11-21(12-10-20)30(27,28)26-15-13-25(3)14-16-26/h5-12,17H,4,13-16H2,1-3H3,(H2,23,24,29)/t17-/m1/s1. The maximum atomic E-state index is 12.8. The molecule has 0 spiro atoms. The molecular weight excluding hydrogens is 416 g/mol. The van der Waals surface area contributed by atoms with Gasteiger partial charge < -0.3 is 15.5 Å². The molecule has 0 aliphatic carbocycles. The lowest BCUT2D eigenvalue weighted by Gasteiger charge is -2.31. The molecular formula is C22H30N4O2S2. The summed E-state index contributed by atoms with van der Waals surface area (Å²) in [7, 11) is -1.46. The SMILES string of the molecule is CC[C@@H](C)c1ccc(NC(=S)Nc2ccc(S(=O)(=O)N3CCN(C)CC3)cc2)cc1. The Labute approximate surface area is 185 Å². The van der Waals surface area contributed by atoms with Crippen LogP contribution < -0.4 is 10.6 Å². The Morgan fingerprint density at radius 2 is 1.47 bits per heavy atom. The number of nitrogens with one attached hydrogen (secondary N) is 2. The second-order valence-corrected chi connectivity index (χ2v) is 10.1. The van der Waals surface area contributed by atoms with Gasteiger partial charge in [-0.1, -0.05) is 26.0 Å². The quantitative estimate of drug-likeness (QED) is 0.655. The summed E-state index contributed by atoms with van der Waals surface area (Å²) in [4.78, 5) is 2.43. The summed E-state index contributed by atoms with van der Waals surface area (Å²) in [6, 6.07) is 15.0. The van der Waals surface area contributed by atoms with E-state index in [1.807, 2.05) is 19.2 Å². The van der Waals surface area contributed by atoms with Gasteiger partial charge in [0.25, 0.3) is 0 Å².